The molecule has 0 N–H and O–H groups in total. The predicted molar refractivity (Wildman–Crippen MR) is 112 cm³/mol. The number of rotatable bonds is 5. The fourth-order valence-electron chi connectivity index (χ4n) is 4.41. The van der Waals surface area contributed by atoms with Crippen LogP contribution >= 0.6 is 11.6 Å². The molecule has 0 aromatic heterocycles. The topological polar surface area (TPSA) is 43.9 Å². The van der Waals surface area contributed by atoms with Gasteiger partial charge >= 0.3 is 0 Å². The molecule has 0 spiro atoms. The van der Waals surface area contributed by atoms with Crippen molar-refractivity contribution in [3.05, 3.63) is 34.9 Å². The molecule has 2 aliphatic rings. The molecule has 0 saturated carbocycles. The van der Waals surface area contributed by atoms with E-state index < -0.39 is 0 Å². The largest absolute Gasteiger partial charge is 0.341 e. The van der Waals surface area contributed by atoms with Gasteiger partial charge in [-0.15, -0.1) is 0 Å². The van der Waals surface area contributed by atoms with Crippen LogP contribution in [0.5, 0.6) is 0 Å². The highest BCUT2D eigenvalue weighted by Gasteiger charge is 2.28. The molecule has 2 aliphatic heterocycles. The fraction of sp³-hybridized carbons (Fsp3) is 0.636. The summed E-state index contributed by atoms with van der Waals surface area (Å²) >= 11 is 6.18. The van der Waals surface area contributed by atoms with Gasteiger partial charge in [0, 0.05) is 50.7 Å². The van der Waals surface area contributed by atoms with Crippen molar-refractivity contribution >= 4 is 23.4 Å². The smallest absolute Gasteiger partial charge is 0.236 e. The number of piperazine rings is 1. The Hall–Kier alpha value is -1.59. The quantitative estimate of drug-likeness (QED) is 0.756. The van der Waals surface area contributed by atoms with Gasteiger partial charge in [0.25, 0.3) is 0 Å². The van der Waals surface area contributed by atoms with Crippen LogP contribution in [0.1, 0.15) is 32.3 Å². The molecule has 2 heterocycles. The second-order valence-corrected chi connectivity index (χ2v) is 8.90. The maximum atomic E-state index is 12.7. The number of piperidine rings is 1. The molecule has 5 nitrogen and oxygen atoms in total. The lowest BCUT2D eigenvalue weighted by atomic mass is 9.92. The molecule has 2 atom stereocenters. The highest BCUT2D eigenvalue weighted by molar-refractivity contribution is 6.31. The monoisotopic (exact) mass is 405 g/mol. The van der Waals surface area contributed by atoms with Gasteiger partial charge in [0.1, 0.15) is 0 Å². The summed E-state index contributed by atoms with van der Waals surface area (Å²) in [6.07, 6.45) is 2.35. The molecule has 2 amide bonds. The first kappa shape index (κ1) is 21.1. The van der Waals surface area contributed by atoms with E-state index in [1.807, 2.05) is 34.1 Å². The van der Waals surface area contributed by atoms with Crippen LogP contribution in [0.4, 0.5) is 0 Å². The van der Waals surface area contributed by atoms with Crippen molar-refractivity contribution < 1.29 is 9.59 Å². The third-order valence-electron chi connectivity index (χ3n) is 5.87. The van der Waals surface area contributed by atoms with Gasteiger partial charge in [0.2, 0.25) is 11.8 Å². The summed E-state index contributed by atoms with van der Waals surface area (Å²) in [7, 11) is 0. The Balaban J connectivity index is 1.41. The SMILES string of the molecule is CC1CC(C)CN(C(=O)CN2CCN(C(=O)CCc3ccccc3Cl)CC2)C1. The fourth-order valence-corrected chi connectivity index (χ4v) is 4.64. The second-order valence-electron chi connectivity index (χ2n) is 8.49. The zero-order valence-corrected chi connectivity index (χ0v) is 17.8. The molecule has 0 bridgehead atoms. The van der Waals surface area contributed by atoms with Gasteiger partial charge in [-0.1, -0.05) is 43.6 Å². The summed E-state index contributed by atoms with van der Waals surface area (Å²) in [6.45, 7) is 9.61. The third kappa shape index (κ3) is 5.71. The minimum Gasteiger partial charge on any atom is -0.341 e. The van der Waals surface area contributed by atoms with Crippen LogP contribution in [-0.4, -0.2) is 72.3 Å². The molecule has 1 aromatic carbocycles. The van der Waals surface area contributed by atoms with E-state index >= 15 is 0 Å². The molecule has 2 saturated heterocycles. The number of carbonyl (C=O) groups is 2. The molecule has 2 fully saturated rings. The molecule has 0 radical (unpaired) electrons. The van der Waals surface area contributed by atoms with Crippen LogP contribution in [0.3, 0.4) is 0 Å². The minimum absolute atomic E-state index is 0.171. The lowest BCUT2D eigenvalue weighted by molar-refractivity contribution is -0.136. The standard InChI is InChI=1S/C22H32ClN3O2/c1-17-13-18(2)15-26(14-17)22(28)16-24-9-11-25(12-10-24)21(27)8-7-19-5-3-4-6-20(19)23/h3-6,17-18H,7-16H2,1-2H3. The summed E-state index contributed by atoms with van der Waals surface area (Å²) in [6, 6.07) is 7.69. The summed E-state index contributed by atoms with van der Waals surface area (Å²) in [4.78, 5) is 31.3. The van der Waals surface area contributed by atoms with Crippen LogP contribution in [0.15, 0.2) is 24.3 Å². The predicted octanol–water partition coefficient (Wildman–Crippen LogP) is 2.92. The molecule has 3 rings (SSSR count). The van der Waals surface area contributed by atoms with Crippen molar-refractivity contribution in [3.63, 3.8) is 0 Å². The van der Waals surface area contributed by atoms with E-state index in [2.05, 4.69) is 18.7 Å². The van der Waals surface area contributed by atoms with Gasteiger partial charge in [-0.05, 0) is 36.3 Å². The summed E-state index contributed by atoms with van der Waals surface area (Å²) in [5.74, 6) is 1.57. The zero-order valence-electron chi connectivity index (χ0n) is 17.1. The number of likely N-dealkylation sites (tertiary alicyclic amines) is 1. The van der Waals surface area contributed by atoms with Gasteiger partial charge in [-0.25, -0.2) is 0 Å². The first-order valence-electron chi connectivity index (χ1n) is 10.4. The van der Waals surface area contributed by atoms with E-state index in [9.17, 15) is 9.59 Å². The van der Waals surface area contributed by atoms with Gasteiger partial charge in [0.05, 0.1) is 6.54 Å². The summed E-state index contributed by atoms with van der Waals surface area (Å²) < 4.78 is 0. The number of aryl methyl sites for hydroxylation is 1. The van der Waals surface area contributed by atoms with E-state index in [1.54, 1.807) is 0 Å². The minimum atomic E-state index is 0.171. The average molecular weight is 406 g/mol. The Morgan fingerprint density at radius 2 is 1.61 bits per heavy atom. The Morgan fingerprint density at radius 3 is 2.25 bits per heavy atom. The van der Waals surface area contributed by atoms with E-state index in [0.717, 1.165) is 36.8 Å². The maximum absolute atomic E-state index is 12.7. The highest BCUT2D eigenvalue weighted by Crippen LogP contribution is 2.21. The first-order chi connectivity index (χ1) is 13.4. The van der Waals surface area contributed by atoms with E-state index in [0.29, 0.717) is 44.3 Å². The molecule has 2 unspecified atom stereocenters. The van der Waals surface area contributed by atoms with Gasteiger partial charge in [-0.2, -0.15) is 0 Å². The Labute approximate surface area is 173 Å². The van der Waals surface area contributed by atoms with Crippen LogP contribution in [0.2, 0.25) is 5.02 Å². The van der Waals surface area contributed by atoms with Crippen molar-refractivity contribution in [3.8, 4) is 0 Å². The van der Waals surface area contributed by atoms with Crippen molar-refractivity contribution in [2.45, 2.75) is 33.1 Å². The lowest BCUT2D eigenvalue weighted by Crippen LogP contribution is -2.53. The number of benzene rings is 1. The Morgan fingerprint density at radius 1 is 0.964 bits per heavy atom. The van der Waals surface area contributed by atoms with E-state index in [-0.39, 0.29) is 11.8 Å². The summed E-state index contributed by atoms with van der Waals surface area (Å²) in [5, 5.41) is 0.722. The number of hydrogen-bond donors (Lipinski definition) is 0. The number of amides is 2. The van der Waals surface area contributed by atoms with Gasteiger partial charge in [0.15, 0.2) is 0 Å². The highest BCUT2D eigenvalue weighted by atomic mass is 35.5. The second kappa shape index (κ2) is 9.75. The van der Waals surface area contributed by atoms with Crippen molar-refractivity contribution in [1.82, 2.24) is 14.7 Å². The number of carbonyl (C=O) groups excluding carboxylic acids is 2. The maximum Gasteiger partial charge on any atom is 0.236 e. The molecule has 0 aliphatic carbocycles. The van der Waals surface area contributed by atoms with Crippen molar-refractivity contribution in [2.75, 3.05) is 45.8 Å². The number of hydrogen-bond acceptors (Lipinski definition) is 3. The molecular formula is C22H32ClN3O2. The van der Waals surface area contributed by atoms with Crippen LogP contribution < -0.4 is 0 Å². The number of halogens is 1. The normalized spacial score (nSPS) is 23.7. The van der Waals surface area contributed by atoms with Crippen LogP contribution in [0.25, 0.3) is 0 Å². The molecular weight excluding hydrogens is 374 g/mol. The van der Waals surface area contributed by atoms with E-state index in [1.165, 1.54) is 6.42 Å². The zero-order chi connectivity index (χ0) is 20.1. The van der Waals surface area contributed by atoms with Crippen LogP contribution in [-0.2, 0) is 16.0 Å². The molecule has 154 valence electrons. The van der Waals surface area contributed by atoms with Crippen molar-refractivity contribution in [2.24, 2.45) is 11.8 Å². The van der Waals surface area contributed by atoms with Gasteiger partial charge in [-0.3, -0.25) is 14.5 Å². The molecule has 6 heteroatoms. The summed E-state index contributed by atoms with van der Waals surface area (Å²) in [5.41, 5.74) is 1.02. The molecule has 1 aromatic rings. The van der Waals surface area contributed by atoms with E-state index in [4.69, 9.17) is 11.6 Å². The average Bonchev–Trinajstić information content (AvgIpc) is 2.67. The third-order valence-corrected chi connectivity index (χ3v) is 6.24. The van der Waals surface area contributed by atoms with Crippen LogP contribution in [0, 0.1) is 11.8 Å². The first-order valence-corrected chi connectivity index (χ1v) is 10.8. The lowest BCUT2D eigenvalue weighted by Gasteiger charge is -2.38. The van der Waals surface area contributed by atoms with Crippen molar-refractivity contribution in [1.29, 1.82) is 0 Å². The Bertz CT molecular complexity index is 678. The molecule has 28 heavy (non-hydrogen) atoms. The van der Waals surface area contributed by atoms with Gasteiger partial charge < -0.3 is 9.80 Å². The Kier molecular flexibility index (Phi) is 7.36. The number of nitrogens with zero attached hydrogens (tertiary/aromatic N) is 3.